The average molecular weight is 270 g/mol. The van der Waals surface area contributed by atoms with Gasteiger partial charge in [0.25, 0.3) is 0 Å². The molecule has 1 aliphatic rings. The van der Waals surface area contributed by atoms with Crippen molar-refractivity contribution in [2.75, 3.05) is 12.4 Å². The Kier molecular flexibility index (Phi) is 3.90. The van der Waals surface area contributed by atoms with Gasteiger partial charge in [0.1, 0.15) is 0 Å². The lowest BCUT2D eigenvalue weighted by Gasteiger charge is -2.17. The van der Waals surface area contributed by atoms with Gasteiger partial charge in [-0.3, -0.25) is 0 Å². The van der Waals surface area contributed by atoms with Gasteiger partial charge in [0.05, 0.1) is 12.7 Å². The van der Waals surface area contributed by atoms with Crippen LogP contribution < -0.4 is 0 Å². The molecule has 0 N–H and O–H groups in total. The predicted molar refractivity (Wildman–Crippen MR) is 80.7 cm³/mol. The Morgan fingerprint density at radius 2 is 1.84 bits per heavy atom. The maximum absolute atomic E-state index is 6.06. The SMILES string of the molecule is CC(OCC1CSc2ccccc21)c1ccccc1. The average Bonchev–Trinajstić information content (AvgIpc) is 2.89. The van der Waals surface area contributed by atoms with Crippen molar-refractivity contribution < 1.29 is 4.74 Å². The fourth-order valence-corrected chi connectivity index (χ4v) is 3.68. The summed E-state index contributed by atoms with van der Waals surface area (Å²) in [5.74, 6) is 1.67. The van der Waals surface area contributed by atoms with Crippen molar-refractivity contribution in [3.8, 4) is 0 Å². The van der Waals surface area contributed by atoms with Crippen LogP contribution in [0.4, 0.5) is 0 Å². The Morgan fingerprint density at radius 1 is 1.11 bits per heavy atom. The summed E-state index contributed by atoms with van der Waals surface area (Å²) in [6, 6.07) is 19.1. The van der Waals surface area contributed by atoms with Crippen molar-refractivity contribution in [2.45, 2.75) is 23.8 Å². The molecule has 1 aliphatic heterocycles. The molecule has 98 valence electrons. The first-order valence-electron chi connectivity index (χ1n) is 6.73. The van der Waals surface area contributed by atoms with Crippen LogP contribution in [0.2, 0.25) is 0 Å². The second kappa shape index (κ2) is 5.81. The molecule has 0 saturated heterocycles. The first-order valence-corrected chi connectivity index (χ1v) is 7.71. The van der Waals surface area contributed by atoms with E-state index >= 15 is 0 Å². The third-order valence-corrected chi connectivity index (χ3v) is 4.87. The summed E-state index contributed by atoms with van der Waals surface area (Å²) < 4.78 is 6.06. The standard InChI is InChI=1S/C17H18OS/c1-13(14-7-3-2-4-8-14)18-11-15-12-19-17-10-6-5-9-16(15)17/h2-10,13,15H,11-12H2,1H3. The zero-order chi connectivity index (χ0) is 13.1. The molecule has 0 fully saturated rings. The van der Waals surface area contributed by atoms with E-state index in [9.17, 15) is 0 Å². The van der Waals surface area contributed by atoms with Crippen molar-refractivity contribution in [3.63, 3.8) is 0 Å². The number of thioether (sulfide) groups is 1. The maximum Gasteiger partial charge on any atom is 0.0797 e. The second-order valence-corrected chi connectivity index (χ2v) is 5.99. The van der Waals surface area contributed by atoms with Crippen LogP contribution in [0.5, 0.6) is 0 Å². The molecule has 0 aromatic heterocycles. The Morgan fingerprint density at radius 3 is 2.68 bits per heavy atom. The van der Waals surface area contributed by atoms with E-state index in [1.54, 1.807) is 0 Å². The van der Waals surface area contributed by atoms with Crippen molar-refractivity contribution in [1.82, 2.24) is 0 Å². The van der Waals surface area contributed by atoms with Gasteiger partial charge in [-0.15, -0.1) is 11.8 Å². The lowest BCUT2D eigenvalue weighted by Crippen LogP contribution is -2.10. The van der Waals surface area contributed by atoms with Crippen LogP contribution in [-0.2, 0) is 4.74 Å². The van der Waals surface area contributed by atoms with Crippen LogP contribution in [-0.4, -0.2) is 12.4 Å². The summed E-state index contributed by atoms with van der Waals surface area (Å²) in [7, 11) is 0. The minimum absolute atomic E-state index is 0.166. The van der Waals surface area contributed by atoms with Crippen LogP contribution in [0, 0.1) is 0 Å². The van der Waals surface area contributed by atoms with Crippen LogP contribution in [0.3, 0.4) is 0 Å². The van der Waals surface area contributed by atoms with Crippen LogP contribution in [0.1, 0.15) is 30.1 Å². The van der Waals surface area contributed by atoms with Gasteiger partial charge in [-0.05, 0) is 24.1 Å². The number of hydrogen-bond donors (Lipinski definition) is 0. The molecular weight excluding hydrogens is 252 g/mol. The number of hydrogen-bond acceptors (Lipinski definition) is 2. The highest BCUT2D eigenvalue weighted by atomic mass is 32.2. The van der Waals surface area contributed by atoms with Crippen molar-refractivity contribution in [1.29, 1.82) is 0 Å². The molecule has 0 amide bonds. The summed E-state index contributed by atoms with van der Waals surface area (Å²) in [5, 5.41) is 0. The maximum atomic E-state index is 6.06. The van der Waals surface area contributed by atoms with E-state index in [-0.39, 0.29) is 6.10 Å². The zero-order valence-corrected chi connectivity index (χ0v) is 11.9. The molecule has 2 aromatic carbocycles. The topological polar surface area (TPSA) is 9.23 Å². The highest BCUT2D eigenvalue weighted by molar-refractivity contribution is 7.99. The molecule has 0 aliphatic carbocycles. The Bertz CT molecular complexity index is 538. The summed E-state index contributed by atoms with van der Waals surface area (Å²) >= 11 is 1.94. The third-order valence-electron chi connectivity index (χ3n) is 3.62. The first-order chi connectivity index (χ1) is 9.34. The van der Waals surface area contributed by atoms with Crippen molar-refractivity contribution in [3.05, 3.63) is 65.7 Å². The number of rotatable bonds is 4. The van der Waals surface area contributed by atoms with Gasteiger partial charge in [-0.1, -0.05) is 48.5 Å². The smallest absolute Gasteiger partial charge is 0.0797 e. The summed E-state index contributed by atoms with van der Waals surface area (Å²) in [4.78, 5) is 1.42. The highest BCUT2D eigenvalue weighted by Crippen LogP contribution is 2.39. The molecule has 0 spiro atoms. The number of benzene rings is 2. The largest absolute Gasteiger partial charge is 0.373 e. The Labute approximate surface area is 119 Å². The molecule has 0 bridgehead atoms. The molecular formula is C17H18OS. The van der Waals surface area contributed by atoms with E-state index in [2.05, 4.69) is 55.5 Å². The molecule has 2 unspecified atom stereocenters. The van der Waals surface area contributed by atoms with Crippen molar-refractivity contribution in [2.24, 2.45) is 0 Å². The first kappa shape index (κ1) is 12.8. The fourth-order valence-electron chi connectivity index (χ4n) is 2.45. The monoisotopic (exact) mass is 270 g/mol. The molecule has 2 heteroatoms. The number of fused-ring (bicyclic) bond motifs is 1. The Hall–Kier alpha value is -1.25. The molecule has 0 radical (unpaired) electrons. The molecule has 1 heterocycles. The fraction of sp³-hybridized carbons (Fsp3) is 0.294. The predicted octanol–water partition coefficient (Wildman–Crippen LogP) is 4.65. The third kappa shape index (κ3) is 2.85. The molecule has 19 heavy (non-hydrogen) atoms. The molecule has 2 atom stereocenters. The molecule has 0 saturated carbocycles. The van der Waals surface area contributed by atoms with Gasteiger partial charge in [0.2, 0.25) is 0 Å². The molecule has 3 rings (SSSR count). The summed E-state index contributed by atoms with van der Waals surface area (Å²) in [6.45, 7) is 2.93. The van der Waals surface area contributed by atoms with Gasteiger partial charge in [-0.2, -0.15) is 0 Å². The van der Waals surface area contributed by atoms with Crippen molar-refractivity contribution >= 4 is 11.8 Å². The highest BCUT2D eigenvalue weighted by Gasteiger charge is 2.23. The Balaban J connectivity index is 1.62. The molecule has 1 nitrogen and oxygen atoms in total. The van der Waals surface area contributed by atoms with E-state index in [4.69, 9.17) is 4.74 Å². The number of ether oxygens (including phenoxy) is 1. The van der Waals surface area contributed by atoms with Crippen LogP contribution >= 0.6 is 11.8 Å². The normalized spacial score (nSPS) is 19.1. The van der Waals surface area contributed by atoms with E-state index in [1.165, 1.54) is 16.0 Å². The molecule has 2 aromatic rings. The van der Waals surface area contributed by atoms with Gasteiger partial charge in [-0.25, -0.2) is 0 Å². The lowest BCUT2D eigenvalue weighted by atomic mass is 10.0. The van der Waals surface area contributed by atoms with E-state index in [0.717, 1.165) is 12.4 Å². The van der Waals surface area contributed by atoms with Crippen LogP contribution in [0.15, 0.2) is 59.5 Å². The minimum atomic E-state index is 0.166. The van der Waals surface area contributed by atoms with E-state index in [0.29, 0.717) is 5.92 Å². The second-order valence-electron chi connectivity index (χ2n) is 4.93. The zero-order valence-electron chi connectivity index (χ0n) is 11.1. The van der Waals surface area contributed by atoms with Gasteiger partial charge in [0.15, 0.2) is 0 Å². The van der Waals surface area contributed by atoms with Gasteiger partial charge in [0, 0.05) is 16.6 Å². The van der Waals surface area contributed by atoms with Gasteiger partial charge >= 0.3 is 0 Å². The quantitative estimate of drug-likeness (QED) is 0.799. The summed E-state index contributed by atoms with van der Waals surface area (Å²) in [6.07, 6.45) is 0.166. The summed E-state index contributed by atoms with van der Waals surface area (Å²) in [5.41, 5.74) is 2.70. The van der Waals surface area contributed by atoms with Gasteiger partial charge < -0.3 is 4.74 Å². The van der Waals surface area contributed by atoms with Crippen LogP contribution in [0.25, 0.3) is 0 Å². The van der Waals surface area contributed by atoms with E-state index < -0.39 is 0 Å². The minimum Gasteiger partial charge on any atom is -0.373 e. The van der Waals surface area contributed by atoms with E-state index in [1.807, 2.05) is 17.8 Å². The lowest BCUT2D eigenvalue weighted by molar-refractivity contribution is 0.0583.